The van der Waals surface area contributed by atoms with Crippen molar-refractivity contribution >= 4 is 10.0 Å². The second-order valence-corrected chi connectivity index (χ2v) is 8.67. The van der Waals surface area contributed by atoms with E-state index in [9.17, 15) is 8.42 Å². The van der Waals surface area contributed by atoms with Gasteiger partial charge in [0.1, 0.15) is 5.82 Å². The second kappa shape index (κ2) is 9.12. The summed E-state index contributed by atoms with van der Waals surface area (Å²) in [7, 11) is -3.52. The maximum atomic E-state index is 12.4. The third-order valence-electron chi connectivity index (χ3n) is 4.48. The van der Waals surface area contributed by atoms with Crippen LogP contribution in [0.5, 0.6) is 0 Å². The average molecular weight is 399 g/mol. The van der Waals surface area contributed by atoms with Crippen molar-refractivity contribution in [3.8, 4) is 0 Å². The van der Waals surface area contributed by atoms with Gasteiger partial charge in [0.2, 0.25) is 10.0 Å². The number of nitrogens with zero attached hydrogens (tertiary/aromatic N) is 2. The van der Waals surface area contributed by atoms with Crippen molar-refractivity contribution in [1.29, 1.82) is 0 Å². The molecule has 148 valence electrons. The first-order chi connectivity index (χ1) is 13.5. The van der Waals surface area contributed by atoms with Gasteiger partial charge in [-0.1, -0.05) is 55.3 Å². The van der Waals surface area contributed by atoms with Crippen LogP contribution in [-0.4, -0.2) is 30.1 Å². The lowest BCUT2D eigenvalue weighted by atomic mass is 10.1. The smallest absolute Gasteiger partial charge is 0.240 e. The van der Waals surface area contributed by atoms with E-state index in [-0.39, 0.29) is 11.4 Å². The first-order valence-corrected chi connectivity index (χ1v) is 11.0. The largest absolute Gasteiger partial charge is 0.263 e. The lowest BCUT2D eigenvalue weighted by Crippen LogP contribution is -2.26. The number of aromatic nitrogens is 3. The molecule has 0 amide bonds. The SMILES string of the molecule is CCCc1ccc(S(=O)(=O)NCCc2n[nH]c(Cc3ccc(C)cc3)n2)cc1. The molecule has 3 rings (SSSR count). The molecule has 1 heterocycles. The van der Waals surface area contributed by atoms with Crippen LogP contribution in [0, 0.1) is 6.92 Å². The Labute approximate surface area is 166 Å². The summed E-state index contributed by atoms with van der Waals surface area (Å²) in [6.45, 7) is 4.40. The predicted molar refractivity (Wildman–Crippen MR) is 110 cm³/mol. The molecule has 28 heavy (non-hydrogen) atoms. The highest BCUT2D eigenvalue weighted by molar-refractivity contribution is 7.89. The number of rotatable bonds is 9. The Balaban J connectivity index is 1.53. The van der Waals surface area contributed by atoms with Crippen molar-refractivity contribution in [1.82, 2.24) is 19.9 Å². The molecule has 0 fully saturated rings. The molecule has 2 N–H and O–H groups in total. The molecular weight excluding hydrogens is 372 g/mol. The van der Waals surface area contributed by atoms with Crippen molar-refractivity contribution in [2.24, 2.45) is 0 Å². The molecule has 0 unspecified atom stereocenters. The number of hydrogen-bond acceptors (Lipinski definition) is 4. The van der Waals surface area contributed by atoms with Gasteiger partial charge in [0.05, 0.1) is 4.90 Å². The first-order valence-electron chi connectivity index (χ1n) is 9.50. The molecule has 0 saturated carbocycles. The molecule has 0 aliphatic heterocycles. The molecule has 0 saturated heterocycles. The van der Waals surface area contributed by atoms with Crippen molar-refractivity contribution in [2.45, 2.75) is 44.4 Å². The van der Waals surface area contributed by atoms with Crippen LogP contribution in [0.15, 0.2) is 53.4 Å². The fraction of sp³-hybridized carbons (Fsp3) is 0.333. The third kappa shape index (κ3) is 5.50. The fourth-order valence-electron chi connectivity index (χ4n) is 2.93. The lowest BCUT2D eigenvalue weighted by Gasteiger charge is -2.06. The molecule has 2 aromatic carbocycles. The molecule has 1 aromatic heterocycles. The zero-order valence-corrected chi connectivity index (χ0v) is 17.1. The molecule has 0 radical (unpaired) electrons. The van der Waals surface area contributed by atoms with E-state index in [0.717, 1.165) is 29.8 Å². The molecule has 0 bridgehead atoms. The van der Waals surface area contributed by atoms with Crippen molar-refractivity contribution in [3.63, 3.8) is 0 Å². The molecule has 3 aromatic rings. The van der Waals surface area contributed by atoms with Gasteiger partial charge in [-0.3, -0.25) is 5.10 Å². The number of H-pyrrole nitrogens is 1. The molecule has 0 aliphatic carbocycles. The van der Waals surface area contributed by atoms with Gasteiger partial charge in [-0.05, 0) is 36.6 Å². The minimum atomic E-state index is -3.52. The Hall–Kier alpha value is -2.51. The summed E-state index contributed by atoms with van der Waals surface area (Å²) < 4.78 is 27.4. The van der Waals surface area contributed by atoms with Crippen molar-refractivity contribution in [3.05, 3.63) is 76.9 Å². The Morgan fingerprint density at radius 1 is 0.964 bits per heavy atom. The van der Waals surface area contributed by atoms with E-state index in [1.165, 1.54) is 5.56 Å². The van der Waals surface area contributed by atoms with Crippen LogP contribution < -0.4 is 4.72 Å². The van der Waals surface area contributed by atoms with Crippen LogP contribution in [0.1, 0.15) is 41.7 Å². The second-order valence-electron chi connectivity index (χ2n) is 6.90. The summed E-state index contributed by atoms with van der Waals surface area (Å²) in [5, 5.41) is 7.11. The normalized spacial score (nSPS) is 11.6. The van der Waals surface area contributed by atoms with E-state index >= 15 is 0 Å². The maximum absolute atomic E-state index is 12.4. The summed E-state index contributed by atoms with van der Waals surface area (Å²) in [4.78, 5) is 4.73. The summed E-state index contributed by atoms with van der Waals surface area (Å²) in [5.41, 5.74) is 3.51. The molecule has 0 spiro atoms. The summed E-state index contributed by atoms with van der Waals surface area (Å²) >= 11 is 0. The van der Waals surface area contributed by atoms with Crippen LogP contribution >= 0.6 is 0 Å². The van der Waals surface area contributed by atoms with Crippen molar-refractivity contribution in [2.75, 3.05) is 6.54 Å². The van der Waals surface area contributed by atoms with Gasteiger partial charge >= 0.3 is 0 Å². The van der Waals surface area contributed by atoms with Gasteiger partial charge < -0.3 is 0 Å². The fourth-order valence-corrected chi connectivity index (χ4v) is 3.96. The number of sulfonamides is 1. The van der Waals surface area contributed by atoms with Gasteiger partial charge in [0, 0.05) is 19.4 Å². The lowest BCUT2D eigenvalue weighted by molar-refractivity contribution is 0.581. The molecule has 6 nitrogen and oxygen atoms in total. The van der Waals surface area contributed by atoms with E-state index in [1.54, 1.807) is 12.1 Å². The minimum absolute atomic E-state index is 0.251. The van der Waals surface area contributed by atoms with Gasteiger partial charge in [0.25, 0.3) is 0 Å². The highest BCUT2D eigenvalue weighted by Gasteiger charge is 2.14. The minimum Gasteiger partial charge on any atom is -0.263 e. The number of hydrogen-bond donors (Lipinski definition) is 2. The number of nitrogens with one attached hydrogen (secondary N) is 2. The quantitative estimate of drug-likeness (QED) is 0.579. The topological polar surface area (TPSA) is 87.7 Å². The Morgan fingerprint density at radius 3 is 2.32 bits per heavy atom. The molecule has 0 aliphatic rings. The van der Waals surface area contributed by atoms with E-state index in [1.807, 2.05) is 12.1 Å². The maximum Gasteiger partial charge on any atom is 0.240 e. The van der Waals surface area contributed by atoms with Crippen molar-refractivity contribution < 1.29 is 8.42 Å². The number of aromatic amines is 1. The van der Waals surface area contributed by atoms with Gasteiger partial charge in [-0.2, -0.15) is 5.10 Å². The highest BCUT2D eigenvalue weighted by atomic mass is 32.2. The van der Waals surface area contributed by atoms with E-state index in [2.05, 4.69) is 58.0 Å². The third-order valence-corrected chi connectivity index (χ3v) is 5.96. The van der Waals surface area contributed by atoms with Crippen LogP contribution in [-0.2, 0) is 29.3 Å². The predicted octanol–water partition coefficient (Wildman–Crippen LogP) is 3.18. The van der Waals surface area contributed by atoms with Gasteiger partial charge in [-0.25, -0.2) is 18.1 Å². The van der Waals surface area contributed by atoms with Crippen LogP contribution in [0.4, 0.5) is 0 Å². The van der Waals surface area contributed by atoms with E-state index < -0.39 is 10.0 Å². The Morgan fingerprint density at radius 2 is 1.64 bits per heavy atom. The Kier molecular flexibility index (Phi) is 6.59. The standard InChI is InChI=1S/C21H26N4O2S/c1-3-4-17-9-11-19(12-10-17)28(26,27)22-14-13-20-23-21(25-24-20)15-18-7-5-16(2)6-8-18/h5-12,22H,3-4,13-15H2,1-2H3,(H,23,24,25). The number of benzene rings is 2. The molecule has 0 atom stereocenters. The van der Waals surface area contributed by atoms with Gasteiger partial charge in [0.15, 0.2) is 5.82 Å². The average Bonchev–Trinajstić information content (AvgIpc) is 3.11. The zero-order chi connectivity index (χ0) is 20.0. The number of aryl methyl sites for hydroxylation is 2. The monoisotopic (exact) mass is 398 g/mol. The summed E-state index contributed by atoms with van der Waals surface area (Å²) in [5.74, 6) is 1.37. The van der Waals surface area contributed by atoms with E-state index in [4.69, 9.17) is 0 Å². The van der Waals surface area contributed by atoms with E-state index in [0.29, 0.717) is 18.7 Å². The Bertz CT molecular complexity index is 994. The summed E-state index contributed by atoms with van der Waals surface area (Å²) in [6, 6.07) is 15.3. The zero-order valence-electron chi connectivity index (χ0n) is 16.3. The van der Waals surface area contributed by atoms with Crippen LogP contribution in [0.3, 0.4) is 0 Å². The van der Waals surface area contributed by atoms with Crippen LogP contribution in [0.2, 0.25) is 0 Å². The molecular formula is C21H26N4O2S. The first kappa shape index (κ1) is 20.2. The molecule has 7 heteroatoms. The summed E-state index contributed by atoms with van der Waals surface area (Å²) in [6.07, 6.45) is 3.08. The highest BCUT2D eigenvalue weighted by Crippen LogP contribution is 2.12. The van der Waals surface area contributed by atoms with Gasteiger partial charge in [-0.15, -0.1) is 0 Å². The van der Waals surface area contributed by atoms with Crippen LogP contribution in [0.25, 0.3) is 0 Å².